The molecule has 26 heavy (non-hydrogen) atoms. The third-order valence-corrected chi connectivity index (χ3v) is 3.71. The van der Waals surface area contributed by atoms with Gasteiger partial charge in [0, 0.05) is 38.4 Å². The van der Waals surface area contributed by atoms with Crippen LogP contribution in [0.15, 0.2) is 45.5 Å². The van der Waals surface area contributed by atoms with Crippen LogP contribution in [-0.2, 0) is 11.2 Å². The average Bonchev–Trinajstić information content (AvgIpc) is 3.30. The maximum absolute atomic E-state index is 12.2. The lowest BCUT2D eigenvalue weighted by atomic mass is 10.2. The average molecular weight is 355 g/mol. The van der Waals surface area contributed by atoms with Crippen LogP contribution in [0.1, 0.15) is 26.2 Å². The number of fused-ring (bicyclic) bond motifs is 1. The van der Waals surface area contributed by atoms with Crippen molar-refractivity contribution in [3.05, 3.63) is 42.5 Å². The van der Waals surface area contributed by atoms with Crippen molar-refractivity contribution in [2.75, 3.05) is 5.32 Å². The lowest BCUT2D eigenvalue weighted by Crippen LogP contribution is -2.29. The second-order valence-electron chi connectivity index (χ2n) is 6.30. The highest BCUT2D eigenvalue weighted by Gasteiger charge is 2.31. The summed E-state index contributed by atoms with van der Waals surface area (Å²) < 4.78 is 21.6. The molecule has 2 aromatic heterocycles. The zero-order valence-corrected chi connectivity index (χ0v) is 14.3. The molecule has 0 saturated carbocycles. The Morgan fingerprint density at radius 3 is 2.85 bits per heavy atom. The molecule has 8 nitrogen and oxygen atoms in total. The number of aryl methyl sites for hydroxylation is 1. The van der Waals surface area contributed by atoms with Gasteiger partial charge in [-0.15, -0.1) is 0 Å². The van der Waals surface area contributed by atoms with E-state index < -0.39 is 5.79 Å². The van der Waals surface area contributed by atoms with Gasteiger partial charge in [-0.1, -0.05) is 5.16 Å². The van der Waals surface area contributed by atoms with Gasteiger partial charge in [0.15, 0.2) is 17.3 Å². The summed E-state index contributed by atoms with van der Waals surface area (Å²) in [6.45, 7) is 3.65. The van der Waals surface area contributed by atoms with Crippen LogP contribution in [0.3, 0.4) is 0 Å². The highest BCUT2D eigenvalue weighted by molar-refractivity contribution is 5.91. The number of rotatable bonds is 5. The van der Waals surface area contributed by atoms with E-state index in [9.17, 15) is 4.79 Å². The fourth-order valence-electron chi connectivity index (χ4n) is 2.61. The van der Waals surface area contributed by atoms with E-state index >= 15 is 0 Å². The van der Waals surface area contributed by atoms with E-state index in [0.29, 0.717) is 41.1 Å². The monoisotopic (exact) mass is 355 g/mol. The first kappa shape index (κ1) is 16.2. The van der Waals surface area contributed by atoms with Gasteiger partial charge in [-0.05, 0) is 24.3 Å². The van der Waals surface area contributed by atoms with Crippen molar-refractivity contribution in [1.29, 1.82) is 0 Å². The largest absolute Gasteiger partial charge is 0.461 e. The number of anilines is 1. The smallest absolute Gasteiger partial charge is 0.246 e. The predicted octanol–water partition coefficient (Wildman–Crippen LogP) is 3.41. The minimum Gasteiger partial charge on any atom is -0.461 e. The Bertz CT molecular complexity index is 930. The number of ether oxygens (including phenoxy) is 2. The van der Waals surface area contributed by atoms with Gasteiger partial charge in [0.1, 0.15) is 0 Å². The first-order chi connectivity index (χ1) is 12.5. The molecular weight excluding hydrogens is 338 g/mol. The number of nitrogens with zero attached hydrogens (tertiary/aromatic N) is 2. The molecule has 1 aliphatic heterocycles. The molecule has 3 aromatic rings. The van der Waals surface area contributed by atoms with Gasteiger partial charge in [0.05, 0.1) is 6.26 Å². The minimum atomic E-state index is -0.700. The van der Waals surface area contributed by atoms with Crippen molar-refractivity contribution in [3.8, 4) is 23.1 Å². The second kappa shape index (κ2) is 6.21. The molecule has 0 aliphatic carbocycles. The molecular formula is C18H17N3O5. The third-order valence-electron chi connectivity index (χ3n) is 3.71. The number of benzene rings is 1. The Hall–Kier alpha value is -3.29. The number of amides is 1. The summed E-state index contributed by atoms with van der Waals surface area (Å²) in [5.41, 5.74) is 0.636. The number of hydrogen-bond acceptors (Lipinski definition) is 7. The van der Waals surface area contributed by atoms with Crippen LogP contribution < -0.4 is 14.8 Å². The number of furan rings is 1. The van der Waals surface area contributed by atoms with Gasteiger partial charge in [-0.3, -0.25) is 4.79 Å². The third kappa shape index (κ3) is 3.39. The molecule has 0 atom stereocenters. The molecule has 8 heteroatoms. The lowest BCUT2D eigenvalue weighted by Gasteiger charge is -2.16. The maximum atomic E-state index is 12.2. The first-order valence-electron chi connectivity index (χ1n) is 8.17. The fraction of sp³-hybridized carbons (Fsp3) is 0.278. The summed E-state index contributed by atoms with van der Waals surface area (Å²) in [6.07, 6.45) is 2.07. The molecule has 134 valence electrons. The molecule has 4 rings (SSSR count). The second-order valence-corrected chi connectivity index (χ2v) is 6.30. The lowest BCUT2D eigenvalue weighted by molar-refractivity contribution is -0.116. The first-order valence-corrected chi connectivity index (χ1v) is 8.17. The number of nitrogens with one attached hydrogen (secondary N) is 1. The van der Waals surface area contributed by atoms with Gasteiger partial charge in [0.2, 0.25) is 23.4 Å². The summed E-state index contributed by atoms with van der Waals surface area (Å²) in [4.78, 5) is 16.4. The molecule has 1 amide bonds. The summed E-state index contributed by atoms with van der Waals surface area (Å²) in [5.74, 6) is 1.66. The fourth-order valence-corrected chi connectivity index (χ4v) is 2.61. The number of aromatic nitrogens is 2. The van der Waals surface area contributed by atoms with E-state index in [-0.39, 0.29) is 12.3 Å². The van der Waals surface area contributed by atoms with Crippen LogP contribution in [0.4, 0.5) is 5.69 Å². The van der Waals surface area contributed by atoms with Crippen molar-refractivity contribution in [3.63, 3.8) is 0 Å². The van der Waals surface area contributed by atoms with Crippen LogP contribution in [0.2, 0.25) is 0 Å². The normalized spacial score (nSPS) is 14.4. The molecule has 0 fully saturated rings. The van der Waals surface area contributed by atoms with Crippen molar-refractivity contribution in [2.24, 2.45) is 0 Å². The van der Waals surface area contributed by atoms with Gasteiger partial charge >= 0.3 is 0 Å². The molecule has 0 unspecified atom stereocenters. The Morgan fingerprint density at radius 1 is 1.19 bits per heavy atom. The Kier molecular flexibility index (Phi) is 3.87. The molecule has 1 aromatic carbocycles. The van der Waals surface area contributed by atoms with Crippen molar-refractivity contribution in [2.45, 2.75) is 32.5 Å². The molecule has 3 heterocycles. The zero-order chi connectivity index (χ0) is 18.1. The van der Waals surface area contributed by atoms with Crippen molar-refractivity contribution >= 4 is 11.6 Å². The molecule has 0 spiro atoms. The van der Waals surface area contributed by atoms with E-state index in [0.717, 1.165) is 0 Å². The minimum absolute atomic E-state index is 0.166. The summed E-state index contributed by atoms with van der Waals surface area (Å²) in [5, 5.41) is 6.65. The topological polar surface area (TPSA) is 99.6 Å². The highest BCUT2D eigenvalue weighted by atomic mass is 16.7. The van der Waals surface area contributed by atoms with E-state index in [1.54, 1.807) is 30.3 Å². The molecule has 1 N–H and O–H groups in total. The molecule has 0 radical (unpaired) electrons. The Balaban J connectivity index is 1.34. The van der Waals surface area contributed by atoms with Crippen LogP contribution in [0.5, 0.6) is 11.5 Å². The molecule has 0 bridgehead atoms. The van der Waals surface area contributed by atoms with Crippen LogP contribution in [0, 0.1) is 0 Å². The van der Waals surface area contributed by atoms with Crippen molar-refractivity contribution in [1.82, 2.24) is 10.1 Å². The summed E-state index contributed by atoms with van der Waals surface area (Å²) in [7, 11) is 0. The number of carbonyl (C=O) groups excluding carboxylic acids is 1. The zero-order valence-electron chi connectivity index (χ0n) is 14.3. The predicted molar refractivity (Wildman–Crippen MR) is 90.7 cm³/mol. The van der Waals surface area contributed by atoms with Gasteiger partial charge in [-0.25, -0.2) is 0 Å². The highest BCUT2D eigenvalue weighted by Crippen LogP contribution is 2.40. The van der Waals surface area contributed by atoms with Crippen LogP contribution in [0.25, 0.3) is 11.6 Å². The summed E-state index contributed by atoms with van der Waals surface area (Å²) >= 11 is 0. The van der Waals surface area contributed by atoms with Gasteiger partial charge in [-0.2, -0.15) is 4.98 Å². The van der Waals surface area contributed by atoms with Crippen LogP contribution >= 0.6 is 0 Å². The quantitative estimate of drug-likeness (QED) is 0.748. The standard InChI is InChI=1S/C18H17N3O5/c1-18(2)24-12-6-5-11(10-14(12)25-18)19-15(22)7-8-16-20-17(21-26-16)13-4-3-9-23-13/h3-6,9-10H,7-8H2,1-2H3,(H,19,22). The Labute approximate surface area is 149 Å². The maximum Gasteiger partial charge on any atom is 0.246 e. The SMILES string of the molecule is CC1(C)Oc2ccc(NC(=O)CCc3nc(-c4ccco4)no3)cc2O1. The van der Waals surface area contributed by atoms with E-state index in [4.69, 9.17) is 18.4 Å². The van der Waals surface area contributed by atoms with E-state index in [1.165, 1.54) is 6.26 Å². The molecule has 0 saturated heterocycles. The number of hydrogen-bond donors (Lipinski definition) is 1. The van der Waals surface area contributed by atoms with Gasteiger partial charge in [0.25, 0.3) is 0 Å². The summed E-state index contributed by atoms with van der Waals surface area (Å²) in [6, 6.07) is 8.76. The van der Waals surface area contributed by atoms with Gasteiger partial charge < -0.3 is 23.7 Å². The van der Waals surface area contributed by atoms with Crippen LogP contribution in [-0.4, -0.2) is 21.8 Å². The molecule has 1 aliphatic rings. The Morgan fingerprint density at radius 2 is 2.04 bits per heavy atom. The number of carbonyl (C=O) groups is 1. The van der Waals surface area contributed by atoms with Crippen molar-refractivity contribution < 1.29 is 23.2 Å². The van der Waals surface area contributed by atoms with E-state index in [2.05, 4.69) is 15.5 Å². The van der Waals surface area contributed by atoms with E-state index in [1.807, 2.05) is 13.8 Å².